The van der Waals surface area contributed by atoms with Crippen LogP contribution in [0.15, 0.2) is 0 Å². The van der Waals surface area contributed by atoms with Gasteiger partial charge in [0.1, 0.15) is 0 Å². The number of carboxylic acids is 1. The van der Waals surface area contributed by atoms with Gasteiger partial charge in [0.25, 0.3) is 0 Å². The van der Waals surface area contributed by atoms with Gasteiger partial charge in [0.15, 0.2) is 0 Å². The zero-order chi connectivity index (χ0) is 15.9. The van der Waals surface area contributed by atoms with Crippen molar-refractivity contribution in [2.75, 3.05) is 13.6 Å². The lowest BCUT2D eigenvalue weighted by Crippen LogP contribution is -2.43. The maximum atomic E-state index is 11.7. The van der Waals surface area contributed by atoms with Gasteiger partial charge in [0.05, 0.1) is 18.4 Å². The molecule has 0 heterocycles. The Labute approximate surface area is 118 Å². The third-order valence-electron chi connectivity index (χ3n) is 2.63. The van der Waals surface area contributed by atoms with Crippen LogP contribution in [0.2, 0.25) is 0 Å². The smallest absolute Gasteiger partial charge is 0.323 e. The quantitative estimate of drug-likeness (QED) is 0.761. The van der Waals surface area contributed by atoms with E-state index < -0.39 is 23.3 Å². The number of nitrogens with zero attached hydrogens (tertiary/aromatic N) is 2. The highest BCUT2D eigenvalue weighted by molar-refractivity contribution is 5.94. The van der Waals surface area contributed by atoms with Crippen molar-refractivity contribution >= 4 is 17.9 Å². The van der Waals surface area contributed by atoms with Crippen LogP contribution in [-0.4, -0.2) is 41.5 Å². The van der Waals surface area contributed by atoms with Gasteiger partial charge in [-0.3, -0.25) is 14.9 Å². The van der Waals surface area contributed by atoms with E-state index in [0.29, 0.717) is 0 Å². The van der Waals surface area contributed by atoms with Crippen LogP contribution in [0.5, 0.6) is 0 Å². The molecule has 0 aliphatic heterocycles. The molecule has 7 heteroatoms. The molecule has 112 valence electrons. The molecule has 0 rings (SSSR count). The van der Waals surface area contributed by atoms with Crippen LogP contribution in [0, 0.1) is 22.7 Å². The Morgan fingerprint density at radius 2 is 1.90 bits per heavy atom. The van der Waals surface area contributed by atoms with E-state index in [1.54, 1.807) is 20.8 Å². The number of hydrogen-bond acceptors (Lipinski definition) is 4. The summed E-state index contributed by atoms with van der Waals surface area (Å²) in [6.07, 6.45) is -0.220. The minimum absolute atomic E-state index is 0.0628. The van der Waals surface area contributed by atoms with E-state index in [1.807, 2.05) is 6.07 Å². The van der Waals surface area contributed by atoms with Crippen LogP contribution in [-0.2, 0) is 9.59 Å². The van der Waals surface area contributed by atoms with Gasteiger partial charge in [0, 0.05) is 20.0 Å². The second-order valence-corrected chi connectivity index (χ2v) is 5.68. The predicted octanol–water partition coefficient (Wildman–Crippen LogP) is 1.21. The molecule has 0 saturated heterocycles. The number of carbonyl (C=O) groups is 3. The van der Waals surface area contributed by atoms with Gasteiger partial charge in [-0.05, 0) is 12.3 Å². The SMILES string of the molecule is CC(C#N)CN(C)C(=O)NC(=O)CC(C)(C)CC(=O)O. The van der Waals surface area contributed by atoms with Crippen LogP contribution >= 0.6 is 0 Å². The largest absolute Gasteiger partial charge is 0.481 e. The zero-order valence-electron chi connectivity index (χ0n) is 12.3. The summed E-state index contributed by atoms with van der Waals surface area (Å²) in [7, 11) is 1.48. The minimum atomic E-state index is -0.992. The summed E-state index contributed by atoms with van der Waals surface area (Å²) in [6, 6.07) is 1.40. The van der Waals surface area contributed by atoms with E-state index in [4.69, 9.17) is 10.4 Å². The number of carboxylic acid groups (broad SMARTS) is 1. The van der Waals surface area contributed by atoms with Gasteiger partial charge in [-0.2, -0.15) is 5.26 Å². The Kier molecular flexibility index (Phi) is 6.69. The van der Waals surface area contributed by atoms with E-state index in [0.717, 1.165) is 0 Å². The van der Waals surface area contributed by atoms with Crippen molar-refractivity contribution in [3.05, 3.63) is 0 Å². The fraction of sp³-hybridized carbons (Fsp3) is 0.692. The Morgan fingerprint density at radius 1 is 1.35 bits per heavy atom. The topological polar surface area (TPSA) is 111 Å². The first kappa shape index (κ1) is 17.9. The average Bonchev–Trinajstić information content (AvgIpc) is 2.25. The van der Waals surface area contributed by atoms with Crippen molar-refractivity contribution in [1.82, 2.24) is 10.2 Å². The summed E-state index contributed by atoms with van der Waals surface area (Å²) in [4.78, 5) is 35.3. The normalized spacial score (nSPS) is 12.2. The third-order valence-corrected chi connectivity index (χ3v) is 2.63. The summed E-state index contributed by atoms with van der Waals surface area (Å²) in [5, 5.41) is 19.6. The molecule has 3 amide bonds. The van der Waals surface area contributed by atoms with E-state index in [1.165, 1.54) is 11.9 Å². The van der Waals surface area contributed by atoms with Gasteiger partial charge in [0.2, 0.25) is 5.91 Å². The molecule has 0 aromatic carbocycles. The first-order chi connectivity index (χ1) is 9.07. The monoisotopic (exact) mass is 283 g/mol. The zero-order valence-corrected chi connectivity index (χ0v) is 12.3. The molecule has 0 aliphatic carbocycles. The van der Waals surface area contributed by atoms with Crippen molar-refractivity contribution in [1.29, 1.82) is 5.26 Å². The van der Waals surface area contributed by atoms with E-state index in [2.05, 4.69) is 5.32 Å². The molecular weight excluding hydrogens is 262 g/mol. The van der Waals surface area contributed by atoms with Gasteiger partial charge in [-0.15, -0.1) is 0 Å². The second kappa shape index (κ2) is 7.48. The molecule has 1 unspecified atom stereocenters. The van der Waals surface area contributed by atoms with Crippen LogP contribution in [0.3, 0.4) is 0 Å². The van der Waals surface area contributed by atoms with Gasteiger partial charge >= 0.3 is 12.0 Å². The molecule has 0 aromatic heterocycles. The standard InChI is InChI=1S/C13H21N3O4/c1-9(7-14)8-16(4)12(20)15-10(17)5-13(2,3)6-11(18)19/h9H,5-6,8H2,1-4H3,(H,18,19)(H,15,17,20). The van der Waals surface area contributed by atoms with Crippen LogP contribution in [0.4, 0.5) is 4.79 Å². The van der Waals surface area contributed by atoms with E-state index in [9.17, 15) is 14.4 Å². The Balaban J connectivity index is 4.37. The van der Waals surface area contributed by atoms with Gasteiger partial charge in [-0.25, -0.2) is 4.79 Å². The Hall–Kier alpha value is -2.10. The number of imide groups is 1. The molecule has 0 aromatic rings. The summed E-state index contributed by atoms with van der Waals surface area (Å²) in [5.74, 6) is -1.85. The van der Waals surface area contributed by atoms with E-state index in [-0.39, 0.29) is 25.3 Å². The van der Waals surface area contributed by atoms with Crippen molar-refractivity contribution < 1.29 is 19.5 Å². The number of rotatable bonds is 6. The molecule has 2 N–H and O–H groups in total. The summed E-state index contributed by atoms with van der Waals surface area (Å²) in [5.41, 5.74) is -0.727. The molecule has 20 heavy (non-hydrogen) atoms. The molecular formula is C13H21N3O4. The number of hydrogen-bond donors (Lipinski definition) is 2. The number of aliphatic carboxylic acids is 1. The molecule has 0 saturated carbocycles. The minimum Gasteiger partial charge on any atom is -0.481 e. The Bertz CT molecular complexity index is 426. The van der Waals surface area contributed by atoms with Crippen molar-refractivity contribution in [3.63, 3.8) is 0 Å². The first-order valence-electron chi connectivity index (χ1n) is 6.24. The maximum Gasteiger partial charge on any atom is 0.323 e. The molecule has 0 aliphatic rings. The molecule has 7 nitrogen and oxygen atoms in total. The van der Waals surface area contributed by atoms with Gasteiger partial charge < -0.3 is 10.0 Å². The number of carbonyl (C=O) groups excluding carboxylic acids is 2. The highest BCUT2D eigenvalue weighted by Gasteiger charge is 2.26. The highest BCUT2D eigenvalue weighted by atomic mass is 16.4. The van der Waals surface area contributed by atoms with Crippen LogP contribution in [0.1, 0.15) is 33.6 Å². The lowest BCUT2D eigenvalue weighted by molar-refractivity contribution is -0.139. The number of nitrogens with one attached hydrogen (secondary N) is 1. The fourth-order valence-electron chi connectivity index (χ4n) is 1.70. The summed E-state index contributed by atoms with van der Waals surface area (Å²) >= 11 is 0. The fourth-order valence-corrected chi connectivity index (χ4v) is 1.70. The van der Waals surface area contributed by atoms with Crippen molar-refractivity contribution in [2.24, 2.45) is 11.3 Å². The number of nitriles is 1. The third kappa shape index (κ3) is 7.36. The number of amides is 3. The molecule has 1 atom stereocenters. The lowest BCUT2D eigenvalue weighted by Gasteiger charge is -2.23. The summed E-state index contributed by atoms with van der Waals surface area (Å²) < 4.78 is 0. The Morgan fingerprint density at radius 3 is 2.35 bits per heavy atom. The average molecular weight is 283 g/mol. The highest BCUT2D eigenvalue weighted by Crippen LogP contribution is 2.24. The molecule has 0 spiro atoms. The summed E-state index contributed by atoms with van der Waals surface area (Å²) in [6.45, 7) is 5.18. The number of urea groups is 1. The van der Waals surface area contributed by atoms with Crippen LogP contribution in [0.25, 0.3) is 0 Å². The molecule has 0 bridgehead atoms. The van der Waals surface area contributed by atoms with Gasteiger partial charge in [-0.1, -0.05) is 13.8 Å². The molecule has 0 fully saturated rings. The van der Waals surface area contributed by atoms with Crippen LogP contribution < -0.4 is 5.32 Å². The van der Waals surface area contributed by atoms with Crippen molar-refractivity contribution in [3.8, 4) is 6.07 Å². The molecule has 0 radical (unpaired) electrons. The van der Waals surface area contributed by atoms with Crippen molar-refractivity contribution in [2.45, 2.75) is 33.6 Å². The predicted molar refractivity (Wildman–Crippen MR) is 71.6 cm³/mol. The van der Waals surface area contributed by atoms with E-state index >= 15 is 0 Å². The first-order valence-corrected chi connectivity index (χ1v) is 6.24. The maximum absolute atomic E-state index is 11.7. The second-order valence-electron chi connectivity index (χ2n) is 5.68. The lowest BCUT2D eigenvalue weighted by atomic mass is 9.85.